The minimum Gasteiger partial charge on any atom is -0.368 e. The molecule has 25 heavy (non-hydrogen) atoms. The molecule has 0 spiro atoms. The van der Waals surface area contributed by atoms with E-state index < -0.39 is 28.1 Å². The van der Waals surface area contributed by atoms with Crippen LogP contribution >= 0.6 is 0 Å². The van der Waals surface area contributed by atoms with Gasteiger partial charge in [0.1, 0.15) is 11.4 Å². The van der Waals surface area contributed by atoms with Gasteiger partial charge in [-0.2, -0.15) is 0 Å². The zero-order chi connectivity index (χ0) is 17.8. The van der Waals surface area contributed by atoms with Crippen molar-refractivity contribution in [1.29, 1.82) is 0 Å². The van der Waals surface area contributed by atoms with E-state index in [-0.39, 0.29) is 12.3 Å². The van der Waals surface area contributed by atoms with Gasteiger partial charge in [-0.15, -0.1) is 0 Å². The van der Waals surface area contributed by atoms with Crippen molar-refractivity contribution in [3.63, 3.8) is 0 Å². The quantitative estimate of drug-likeness (QED) is 0.765. The molecule has 0 aliphatic carbocycles. The van der Waals surface area contributed by atoms with Gasteiger partial charge in [0.15, 0.2) is 0 Å². The summed E-state index contributed by atoms with van der Waals surface area (Å²) in [5, 5.41) is -0.464. The van der Waals surface area contributed by atoms with E-state index in [0.29, 0.717) is 12.2 Å². The number of amides is 2. The van der Waals surface area contributed by atoms with Crippen LogP contribution in [0, 0.1) is 0 Å². The van der Waals surface area contributed by atoms with E-state index in [2.05, 4.69) is 0 Å². The number of primary amides is 1. The Morgan fingerprint density at radius 2 is 1.64 bits per heavy atom. The smallest absolute Gasteiger partial charge is 0.240 e. The van der Waals surface area contributed by atoms with Crippen molar-refractivity contribution in [1.82, 2.24) is 4.90 Å². The molecule has 6 heteroatoms. The Hall–Kier alpha value is -2.47. The molecule has 1 heterocycles. The maximum Gasteiger partial charge on any atom is 0.240 e. The van der Waals surface area contributed by atoms with Crippen molar-refractivity contribution in [2.75, 3.05) is 0 Å². The molecule has 2 aromatic carbocycles. The third-order valence-electron chi connectivity index (χ3n) is 4.34. The number of nitrogens with two attached hydrogens (primary N) is 1. The van der Waals surface area contributed by atoms with Gasteiger partial charge in [-0.25, -0.2) is 0 Å². The lowest BCUT2D eigenvalue weighted by molar-refractivity contribution is -0.149. The van der Waals surface area contributed by atoms with E-state index in [1.54, 1.807) is 0 Å². The van der Waals surface area contributed by atoms with E-state index in [9.17, 15) is 13.8 Å². The average Bonchev–Trinajstić information content (AvgIpc) is 2.60. The number of β-lactam (4-membered cyclic amide) rings is 1. The summed E-state index contributed by atoms with van der Waals surface area (Å²) in [4.78, 5) is 25.5. The lowest BCUT2D eigenvalue weighted by Crippen LogP contribution is -2.63. The number of carbonyl (C=O) groups excluding carboxylic acids is 2. The topological polar surface area (TPSA) is 80.5 Å². The number of nitrogens with zero attached hydrogens (tertiary/aromatic N) is 1. The molecule has 0 bridgehead atoms. The van der Waals surface area contributed by atoms with Gasteiger partial charge in [0, 0.05) is 17.2 Å². The van der Waals surface area contributed by atoms with Gasteiger partial charge in [-0.1, -0.05) is 60.7 Å². The van der Waals surface area contributed by atoms with E-state index in [0.717, 1.165) is 11.1 Å². The van der Waals surface area contributed by atoms with Crippen LogP contribution in [0.4, 0.5) is 0 Å². The van der Waals surface area contributed by atoms with Crippen LogP contribution in [0.2, 0.25) is 0 Å². The summed E-state index contributed by atoms with van der Waals surface area (Å²) in [6, 6.07) is 18.1. The highest BCUT2D eigenvalue weighted by atomic mass is 32.2. The molecule has 0 radical (unpaired) electrons. The van der Waals surface area contributed by atoms with Crippen molar-refractivity contribution in [2.24, 2.45) is 5.73 Å². The Morgan fingerprint density at radius 3 is 2.16 bits per heavy atom. The highest BCUT2D eigenvalue weighted by molar-refractivity contribution is 7.85. The van der Waals surface area contributed by atoms with Crippen LogP contribution in [0.3, 0.4) is 0 Å². The third-order valence-corrected chi connectivity index (χ3v) is 5.96. The monoisotopic (exact) mass is 356 g/mol. The fourth-order valence-corrected chi connectivity index (χ4v) is 4.56. The van der Waals surface area contributed by atoms with Crippen LogP contribution < -0.4 is 5.73 Å². The number of hydrogen-bond donors (Lipinski definition) is 1. The first-order valence-electron chi connectivity index (χ1n) is 8.12. The number of likely N-dealkylation sites (tertiary alicyclic amines) is 1. The fraction of sp³-hybridized carbons (Fsp3) is 0.263. The summed E-state index contributed by atoms with van der Waals surface area (Å²) < 4.78 is 12.7. The second-order valence-electron chi connectivity index (χ2n) is 6.08. The predicted octanol–water partition coefficient (Wildman–Crippen LogP) is 1.59. The first-order valence-corrected chi connectivity index (χ1v) is 9.50. The van der Waals surface area contributed by atoms with Crippen LogP contribution in [0.5, 0.6) is 0 Å². The van der Waals surface area contributed by atoms with Crippen LogP contribution in [-0.2, 0) is 32.6 Å². The largest absolute Gasteiger partial charge is 0.368 e. The highest BCUT2D eigenvalue weighted by Crippen LogP contribution is 2.28. The molecule has 0 saturated carbocycles. The van der Waals surface area contributed by atoms with Crippen LogP contribution in [0.25, 0.3) is 0 Å². The zero-order valence-electron chi connectivity index (χ0n) is 13.7. The summed E-state index contributed by atoms with van der Waals surface area (Å²) in [5.41, 5.74) is 7.40. The summed E-state index contributed by atoms with van der Waals surface area (Å²) in [6.45, 7) is 0. The maximum absolute atomic E-state index is 12.7. The Bertz CT molecular complexity index is 780. The second kappa shape index (κ2) is 7.61. The van der Waals surface area contributed by atoms with Crippen molar-refractivity contribution in [3.8, 4) is 0 Å². The molecular formula is C19H20N2O3S. The lowest BCUT2D eigenvalue weighted by Gasteiger charge is -2.43. The predicted molar refractivity (Wildman–Crippen MR) is 96.7 cm³/mol. The summed E-state index contributed by atoms with van der Waals surface area (Å²) in [7, 11) is -1.28. The Morgan fingerprint density at radius 1 is 1.08 bits per heavy atom. The Labute approximate surface area is 149 Å². The summed E-state index contributed by atoms with van der Waals surface area (Å²) in [6.07, 6.45) is 0.527. The van der Waals surface area contributed by atoms with Gasteiger partial charge in [0.05, 0.1) is 12.2 Å². The van der Waals surface area contributed by atoms with Gasteiger partial charge < -0.3 is 10.6 Å². The Balaban J connectivity index is 1.74. The molecule has 5 nitrogen and oxygen atoms in total. The molecule has 3 rings (SSSR count). The van der Waals surface area contributed by atoms with Gasteiger partial charge >= 0.3 is 0 Å². The van der Waals surface area contributed by atoms with E-state index in [4.69, 9.17) is 5.73 Å². The summed E-state index contributed by atoms with van der Waals surface area (Å²) in [5.74, 6) is -0.392. The molecule has 130 valence electrons. The van der Waals surface area contributed by atoms with Crippen LogP contribution in [-0.4, -0.2) is 32.3 Å². The number of benzene rings is 2. The highest BCUT2D eigenvalue weighted by Gasteiger charge is 2.46. The molecule has 1 saturated heterocycles. The number of rotatable bonds is 7. The standard InChI is InChI=1S/C19H20N2O3S/c20-19(23)16(11-14-7-3-1-4-8-14)21-17(22)12-18(21)25(24)13-15-9-5-2-6-10-15/h1-10,16,18H,11-13H2,(H2,20,23). The molecule has 2 N–H and O–H groups in total. The van der Waals surface area contributed by atoms with Crippen LogP contribution in [0.1, 0.15) is 17.5 Å². The van der Waals surface area contributed by atoms with Gasteiger partial charge in [-0.3, -0.25) is 13.8 Å². The second-order valence-corrected chi connectivity index (χ2v) is 7.67. The van der Waals surface area contributed by atoms with Crippen molar-refractivity contribution in [3.05, 3.63) is 71.8 Å². The molecule has 3 unspecified atom stereocenters. The molecule has 2 aromatic rings. The minimum atomic E-state index is -1.28. The molecule has 0 aromatic heterocycles. The molecular weight excluding hydrogens is 336 g/mol. The zero-order valence-corrected chi connectivity index (χ0v) is 14.5. The molecule has 3 atom stereocenters. The maximum atomic E-state index is 12.7. The average molecular weight is 356 g/mol. The minimum absolute atomic E-state index is 0.175. The number of carbonyl (C=O) groups is 2. The third kappa shape index (κ3) is 3.96. The SMILES string of the molecule is NC(=O)C(Cc1ccccc1)N1C(=O)CC1S(=O)Cc1ccccc1. The van der Waals surface area contributed by atoms with Gasteiger partial charge in [-0.05, 0) is 11.1 Å². The van der Waals surface area contributed by atoms with Crippen molar-refractivity contribution >= 4 is 22.6 Å². The van der Waals surface area contributed by atoms with Crippen molar-refractivity contribution < 1.29 is 13.8 Å². The molecule has 1 aliphatic rings. The van der Waals surface area contributed by atoms with Crippen LogP contribution in [0.15, 0.2) is 60.7 Å². The van der Waals surface area contributed by atoms with E-state index in [1.165, 1.54) is 4.90 Å². The fourth-order valence-electron chi connectivity index (χ4n) is 3.00. The molecule has 2 amide bonds. The normalized spacial score (nSPS) is 19.1. The first kappa shape index (κ1) is 17.4. The summed E-state index contributed by atoms with van der Waals surface area (Å²) >= 11 is 0. The Kier molecular flexibility index (Phi) is 5.28. The van der Waals surface area contributed by atoms with Crippen molar-refractivity contribution in [2.45, 2.75) is 30.0 Å². The van der Waals surface area contributed by atoms with Gasteiger partial charge in [0.25, 0.3) is 0 Å². The van der Waals surface area contributed by atoms with E-state index >= 15 is 0 Å². The van der Waals surface area contributed by atoms with E-state index in [1.807, 2.05) is 60.7 Å². The molecule has 1 aliphatic heterocycles. The number of hydrogen-bond acceptors (Lipinski definition) is 3. The first-order chi connectivity index (χ1) is 12.1. The molecule has 1 fully saturated rings. The van der Waals surface area contributed by atoms with Gasteiger partial charge in [0.2, 0.25) is 11.8 Å². The lowest BCUT2D eigenvalue weighted by atomic mass is 10.0.